The molecule has 1 fully saturated rings. The van der Waals surface area contributed by atoms with Gasteiger partial charge in [0.15, 0.2) is 5.65 Å². The van der Waals surface area contributed by atoms with E-state index in [1.54, 1.807) is 0 Å². The van der Waals surface area contributed by atoms with Gasteiger partial charge >= 0.3 is 0 Å². The molecular formula is C24H23N7O. The Bertz CT molecular complexity index is 1400. The van der Waals surface area contributed by atoms with Crippen LogP contribution in [-0.2, 0) is 4.74 Å². The highest BCUT2D eigenvalue weighted by atomic mass is 16.5. The first kappa shape index (κ1) is 18.8. The summed E-state index contributed by atoms with van der Waals surface area (Å²) in [6.45, 7) is 5.42. The van der Waals surface area contributed by atoms with Crippen molar-refractivity contribution in [2.24, 2.45) is 0 Å². The summed E-state index contributed by atoms with van der Waals surface area (Å²) in [5.74, 6) is 0.783. The fraction of sp³-hybridized carbons (Fsp3) is 0.208. The van der Waals surface area contributed by atoms with Crippen LogP contribution in [0.1, 0.15) is 5.69 Å². The number of H-pyrrole nitrogens is 1. The average Bonchev–Trinajstić information content (AvgIpc) is 3.52. The van der Waals surface area contributed by atoms with Crippen molar-refractivity contribution < 1.29 is 4.74 Å². The molecule has 32 heavy (non-hydrogen) atoms. The monoisotopic (exact) mass is 425 g/mol. The average molecular weight is 425 g/mol. The van der Waals surface area contributed by atoms with Crippen LogP contribution >= 0.6 is 0 Å². The van der Waals surface area contributed by atoms with E-state index in [-0.39, 0.29) is 0 Å². The smallest absolute Gasteiger partial charge is 0.160 e. The molecule has 8 heteroatoms. The predicted octanol–water partition coefficient (Wildman–Crippen LogP) is 4.16. The molecule has 0 amide bonds. The van der Waals surface area contributed by atoms with Crippen LogP contribution < -0.4 is 10.2 Å². The number of anilines is 3. The van der Waals surface area contributed by atoms with Crippen LogP contribution in [0.5, 0.6) is 0 Å². The standard InChI is InChI=1S/C24H23N7O/c1-16-20(17-2-3-18-14-27-29-21(18)12-17)13-22(24-25-6-7-31(16)24)28-23-5-4-19(15-26-23)30-8-10-32-11-9-30/h2-7,12-15H,8-11H2,1H3,(H,26,28)(H,27,29). The molecule has 4 aromatic heterocycles. The van der Waals surface area contributed by atoms with Crippen molar-refractivity contribution in [1.82, 2.24) is 24.6 Å². The number of rotatable bonds is 4. The summed E-state index contributed by atoms with van der Waals surface area (Å²) in [6.07, 6.45) is 7.56. The molecule has 2 N–H and O–H groups in total. The molecule has 0 bridgehead atoms. The third-order valence-corrected chi connectivity index (χ3v) is 6.06. The van der Waals surface area contributed by atoms with Gasteiger partial charge in [0.2, 0.25) is 0 Å². The third-order valence-electron chi connectivity index (χ3n) is 6.06. The van der Waals surface area contributed by atoms with Crippen LogP contribution in [0.15, 0.2) is 61.2 Å². The number of nitrogens with one attached hydrogen (secondary N) is 2. The maximum atomic E-state index is 5.44. The number of ether oxygens (including phenoxy) is 1. The summed E-state index contributed by atoms with van der Waals surface area (Å²) in [5, 5.41) is 11.8. The van der Waals surface area contributed by atoms with Crippen molar-refractivity contribution in [3.63, 3.8) is 0 Å². The normalized spacial score (nSPS) is 14.3. The number of aromatic nitrogens is 5. The number of pyridine rings is 2. The molecular weight excluding hydrogens is 402 g/mol. The Balaban J connectivity index is 1.37. The lowest BCUT2D eigenvalue weighted by Gasteiger charge is -2.28. The summed E-state index contributed by atoms with van der Waals surface area (Å²) < 4.78 is 7.55. The first-order valence-electron chi connectivity index (χ1n) is 10.7. The number of nitrogens with zero attached hydrogens (tertiary/aromatic N) is 5. The van der Waals surface area contributed by atoms with Crippen LogP contribution in [0.25, 0.3) is 27.7 Å². The van der Waals surface area contributed by atoms with Gasteiger partial charge in [0, 0.05) is 42.1 Å². The summed E-state index contributed by atoms with van der Waals surface area (Å²) in [6, 6.07) is 12.6. The molecule has 6 rings (SSSR count). The summed E-state index contributed by atoms with van der Waals surface area (Å²) in [4.78, 5) is 11.5. The van der Waals surface area contributed by atoms with Crippen molar-refractivity contribution in [3.05, 3.63) is 66.9 Å². The Hall–Kier alpha value is -3.91. The van der Waals surface area contributed by atoms with E-state index < -0.39 is 0 Å². The van der Waals surface area contributed by atoms with Gasteiger partial charge in [0.25, 0.3) is 0 Å². The zero-order chi connectivity index (χ0) is 21.5. The van der Waals surface area contributed by atoms with Gasteiger partial charge < -0.3 is 19.4 Å². The van der Waals surface area contributed by atoms with Gasteiger partial charge in [-0.3, -0.25) is 5.10 Å². The first-order valence-corrected chi connectivity index (χ1v) is 10.7. The molecule has 0 radical (unpaired) electrons. The van der Waals surface area contributed by atoms with Crippen molar-refractivity contribution in [3.8, 4) is 11.1 Å². The highest BCUT2D eigenvalue weighted by molar-refractivity contribution is 5.87. The first-order chi connectivity index (χ1) is 15.8. The molecule has 5 aromatic rings. The molecule has 1 aliphatic heterocycles. The van der Waals surface area contributed by atoms with Crippen molar-refractivity contribution >= 4 is 33.7 Å². The molecule has 1 aromatic carbocycles. The molecule has 1 aliphatic rings. The fourth-order valence-electron chi connectivity index (χ4n) is 4.31. The Morgan fingerprint density at radius 1 is 1.03 bits per heavy atom. The van der Waals surface area contributed by atoms with E-state index in [0.29, 0.717) is 0 Å². The Morgan fingerprint density at radius 2 is 1.94 bits per heavy atom. The minimum atomic E-state index is 0.758. The van der Waals surface area contributed by atoms with E-state index >= 15 is 0 Å². The van der Waals surface area contributed by atoms with Gasteiger partial charge in [-0.2, -0.15) is 5.10 Å². The summed E-state index contributed by atoms with van der Waals surface area (Å²) in [5.41, 5.74) is 7.27. The van der Waals surface area contributed by atoms with Crippen LogP contribution in [0, 0.1) is 6.92 Å². The zero-order valence-corrected chi connectivity index (χ0v) is 17.7. The Morgan fingerprint density at radius 3 is 2.78 bits per heavy atom. The molecule has 0 saturated carbocycles. The number of morpholine rings is 1. The number of aryl methyl sites for hydroxylation is 1. The molecule has 0 unspecified atom stereocenters. The van der Waals surface area contributed by atoms with E-state index in [4.69, 9.17) is 4.74 Å². The summed E-state index contributed by atoms with van der Waals surface area (Å²) >= 11 is 0. The zero-order valence-electron chi connectivity index (χ0n) is 17.7. The molecule has 0 atom stereocenters. The minimum absolute atomic E-state index is 0.758. The molecule has 160 valence electrons. The minimum Gasteiger partial charge on any atom is -0.378 e. The Kier molecular flexibility index (Phi) is 4.50. The fourth-order valence-corrected chi connectivity index (χ4v) is 4.31. The van der Waals surface area contributed by atoms with E-state index in [1.807, 2.05) is 30.9 Å². The lowest BCUT2D eigenvalue weighted by Crippen LogP contribution is -2.36. The van der Waals surface area contributed by atoms with Crippen LogP contribution in [0.2, 0.25) is 0 Å². The number of imidazole rings is 1. The number of hydrogen-bond acceptors (Lipinski definition) is 6. The number of hydrogen-bond donors (Lipinski definition) is 2. The molecule has 0 spiro atoms. The second kappa shape index (κ2) is 7.65. The second-order valence-corrected chi connectivity index (χ2v) is 7.98. The van der Waals surface area contributed by atoms with E-state index in [9.17, 15) is 0 Å². The Labute approximate surface area is 184 Å². The van der Waals surface area contributed by atoms with Crippen molar-refractivity contribution in [2.75, 3.05) is 36.5 Å². The number of benzene rings is 1. The van der Waals surface area contributed by atoms with Gasteiger partial charge in [0.05, 0.1) is 42.5 Å². The quantitative estimate of drug-likeness (QED) is 0.450. The SMILES string of the molecule is Cc1c(-c2ccc3cn[nH]c3c2)cc(Nc2ccc(N3CCOCC3)cn2)c2nccn12. The highest BCUT2D eigenvalue weighted by Gasteiger charge is 2.14. The van der Waals surface area contributed by atoms with E-state index in [2.05, 4.69) is 72.0 Å². The van der Waals surface area contributed by atoms with Crippen LogP contribution in [-0.4, -0.2) is 50.9 Å². The van der Waals surface area contributed by atoms with E-state index in [1.165, 1.54) is 0 Å². The molecule has 1 saturated heterocycles. The van der Waals surface area contributed by atoms with E-state index in [0.717, 1.165) is 76.9 Å². The lowest BCUT2D eigenvalue weighted by atomic mass is 10.0. The molecule has 0 aliphatic carbocycles. The largest absolute Gasteiger partial charge is 0.378 e. The van der Waals surface area contributed by atoms with Crippen molar-refractivity contribution in [1.29, 1.82) is 0 Å². The van der Waals surface area contributed by atoms with Gasteiger partial charge in [-0.05, 0) is 36.8 Å². The van der Waals surface area contributed by atoms with Crippen LogP contribution in [0.4, 0.5) is 17.2 Å². The van der Waals surface area contributed by atoms with Gasteiger partial charge in [-0.15, -0.1) is 0 Å². The third kappa shape index (κ3) is 3.25. The maximum absolute atomic E-state index is 5.44. The number of aromatic amines is 1. The van der Waals surface area contributed by atoms with Gasteiger partial charge in [0.1, 0.15) is 5.82 Å². The molecule has 8 nitrogen and oxygen atoms in total. The highest BCUT2D eigenvalue weighted by Crippen LogP contribution is 2.32. The van der Waals surface area contributed by atoms with Crippen LogP contribution in [0.3, 0.4) is 0 Å². The maximum Gasteiger partial charge on any atom is 0.160 e. The molecule has 5 heterocycles. The van der Waals surface area contributed by atoms with Gasteiger partial charge in [-0.25, -0.2) is 9.97 Å². The topological polar surface area (TPSA) is 83.4 Å². The van der Waals surface area contributed by atoms with Crippen molar-refractivity contribution in [2.45, 2.75) is 6.92 Å². The van der Waals surface area contributed by atoms with Gasteiger partial charge in [-0.1, -0.05) is 12.1 Å². The number of fused-ring (bicyclic) bond motifs is 2. The predicted molar refractivity (Wildman–Crippen MR) is 126 cm³/mol. The second-order valence-electron chi connectivity index (χ2n) is 7.98. The lowest BCUT2D eigenvalue weighted by molar-refractivity contribution is 0.122. The summed E-state index contributed by atoms with van der Waals surface area (Å²) in [7, 11) is 0.